The van der Waals surface area contributed by atoms with Gasteiger partial charge in [0, 0.05) is 87.1 Å². The fourth-order valence-electron chi connectivity index (χ4n) is 18.4. The minimum atomic E-state index is 0.531. The predicted octanol–water partition coefficient (Wildman–Crippen LogP) is 24.0. The summed E-state index contributed by atoms with van der Waals surface area (Å²) in [6.45, 7) is 0. The predicted molar refractivity (Wildman–Crippen MR) is 451 cm³/mol. The second kappa shape index (κ2) is 22.2. The van der Waals surface area contributed by atoms with Crippen LogP contribution in [0.3, 0.4) is 0 Å². The maximum atomic E-state index is 5.95. The molecule has 0 aliphatic rings. The van der Waals surface area contributed by atoms with Crippen molar-refractivity contribution in [1.82, 2.24) is 57.0 Å². The second-order valence-electron chi connectivity index (χ2n) is 29.0. The summed E-state index contributed by atoms with van der Waals surface area (Å²) in [5, 5.41) is 17.6. The van der Waals surface area contributed by atoms with Gasteiger partial charge in [-0.05, 0) is 130 Å². The third-order valence-corrected chi connectivity index (χ3v) is 23.1. The van der Waals surface area contributed by atoms with Gasteiger partial charge in [-0.3, -0.25) is 17.9 Å². The van der Waals surface area contributed by atoms with Crippen molar-refractivity contribution in [3.8, 4) is 56.9 Å². The van der Waals surface area contributed by atoms with E-state index in [0.717, 1.165) is 193 Å². The molecule has 0 fully saturated rings. The van der Waals surface area contributed by atoms with Crippen LogP contribution >= 0.6 is 0 Å². The Morgan fingerprint density at radius 1 is 0.191 bits per heavy atom. The minimum Gasteiger partial charge on any atom is -0.309 e. The zero-order valence-electron chi connectivity index (χ0n) is 58.7. The molecule has 10 heterocycles. The van der Waals surface area contributed by atoms with Gasteiger partial charge in [-0.25, -0.2) is 29.9 Å². The normalized spacial score (nSPS) is 12.4. The molecule has 10 aromatic heterocycles. The quantitative estimate of drug-likeness (QED) is 0.147. The largest absolute Gasteiger partial charge is 0.309 e. The number of para-hydroxylation sites is 9. The Balaban J connectivity index is 0.681. The van der Waals surface area contributed by atoms with Crippen molar-refractivity contribution in [3.05, 3.63) is 340 Å². The monoisotopic (exact) mass is 1400 g/mol. The number of fused-ring (bicyclic) bond motifs is 29. The number of hydrogen-bond acceptors (Lipinski definition) is 6. The van der Waals surface area contributed by atoms with Gasteiger partial charge in [0.2, 0.25) is 11.9 Å². The Labute approximate surface area is 624 Å². The van der Waals surface area contributed by atoms with Gasteiger partial charge in [-0.1, -0.05) is 243 Å². The first-order valence-electron chi connectivity index (χ1n) is 37.3. The first-order chi connectivity index (χ1) is 54.6. The molecule has 25 rings (SSSR count). The molecule has 0 saturated heterocycles. The molecule has 0 bridgehead atoms. The molecule has 0 radical (unpaired) electrons. The molecule has 0 aliphatic heterocycles. The number of pyridine rings is 2. The SMILES string of the molecule is c1ccc2c(-c3ccc4cc(-c5ccc6c(c5)c5nc7c8ccccc8c8ccccc8n7c5n6-c5nc(-c6cc(-n7c8ccccc8c8ccccc87)cc(-n7c8ccccc8c8ccccc87)c6)c6ccccc6n5)ccc4c3)nc(-n3c4ccccc4c4nc5c6ccccc6c6ccccc6n5c43)nc2c1. The summed E-state index contributed by atoms with van der Waals surface area (Å²) in [6, 6.07) is 122. The topological polar surface area (TPSA) is 106 Å². The molecule has 12 nitrogen and oxygen atoms in total. The van der Waals surface area contributed by atoms with Gasteiger partial charge in [0.25, 0.3) is 0 Å². The molecule has 0 aliphatic carbocycles. The van der Waals surface area contributed by atoms with E-state index in [-0.39, 0.29) is 0 Å². The van der Waals surface area contributed by atoms with E-state index in [1.54, 1.807) is 0 Å². The van der Waals surface area contributed by atoms with Crippen LogP contribution in [0.5, 0.6) is 0 Å². The van der Waals surface area contributed by atoms with Crippen LogP contribution in [0.2, 0.25) is 0 Å². The third-order valence-electron chi connectivity index (χ3n) is 23.1. The molecule has 0 N–H and O–H groups in total. The number of benzene rings is 15. The van der Waals surface area contributed by atoms with Crippen LogP contribution in [-0.2, 0) is 0 Å². The molecule has 0 amide bonds. The molecule has 0 unspecified atom stereocenters. The van der Waals surface area contributed by atoms with Gasteiger partial charge >= 0.3 is 0 Å². The average molecular weight is 1400 g/mol. The number of nitrogens with zero attached hydrogens (tertiary/aromatic N) is 12. The Kier molecular flexibility index (Phi) is 11.9. The van der Waals surface area contributed by atoms with Crippen molar-refractivity contribution in [1.29, 1.82) is 0 Å². The lowest BCUT2D eigenvalue weighted by Gasteiger charge is -2.17. The smallest absolute Gasteiger partial charge is 0.237 e. The number of imidazole rings is 2. The van der Waals surface area contributed by atoms with Gasteiger partial charge in [-0.15, -0.1) is 0 Å². The second-order valence-corrected chi connectivity index (χ2v) is 29.0. The zero-order chi connectivity index (χ0) is 71.6. The van der Waals surface area contributed by atoms with Gasteiger partial charge in [0.1, 0.15) is 22.3 Å². The highest BCUT2D eigenvalue weighted by Gasteiger charge is 2.28. The highest BCUT2D eigenvalue weighted by molar-refractivity contribution is 6.20. The maximum Gasteiger partial charge on any atom is 0.237 e. The summed E-state index contributed by atoms with van der Waals surface area (Å²) in [4.78, 5) is 33.9. The van der Waals surface area contributed by atoms with Crippen LogP contribution in [0.15, 0.2) is 340 Å². The third kappa shape index (κ3) is 8.21. The first kappa shape index (κ1) is 59.2. The van der Waals surface area contributed by atoms with Crippen LogP contribution in [0, 0.1) is 0 Å². The molecule has 12 heteroatoms. The van der Waals surface area contributed by atoms with Crippen LogP contribution in [0.25, 0.3) is 232 Å². The van der Waals surface area contributed by atoms with Crippen LogP contribution < -0.4 is 0 Å². The Morgan fingerprint density at radius 2 is 0.518 bits per heavy atom. The standard InChI is InChI=1S/C98H56N12/c1-3-31-73-65(23-1)67-25-7-20-42-85(67)107-93(73)101-91-77-35-13-22-44-87(77)109(95(91)107)97-99-79-36-14-5-33-75(79)89(103-97)61-48-47-57-51-58(45-46-59(57)52-61)60-49-50-88-78(55-60)92-96(108-86-43-21-8-26-68(86)66-24-2-4-32-74(66)94(108)102-92)110(88)98-100-80-37-15-6-34-76(80)90(104-98)62-53-63(105-81-38-16-9-27-69(81)70-28-10-17-39-82(70)105)56-64(54-62)106-83-40-18-11-29-71(83)72-30-12-19-41-84(72)106/h1-56H. The highest BCUT2D eigenvalue weighted by atomic mass is 15.2. The van der Waals surface area contributed by atoms with E-state index < -0.39 is 0 Å². The van der Waals surface area contributed by atoms with Crippen molar-refractivity contribution in [2.45, 2.75) is 0 Å². The molecule has 0 atom stereocenters. The highest BCUT2D eigenvalue weighted by Crippen LogP contribution is 2.45. The van der Waals surface area contributed by atoms with Crippen LogP contribution in [0.4, 0.5) is 0 Å². The summed E-state index contributed by atoms with van der Waals surface area (Å²) < 4.78 is 14.0. The van der Waals surface area contributed by atoms with Gasteiger partial charge < -0.3 is 9.13 Å². The lowest BCUT2D eigenvalue weighted by molar-refractivity contribution is 0.992. The molecular formula is C98H56N12. The van der Waals surface area contributed by atoms with Crippen molar-refractivity contribution < 1.29 is 0 Å². The van der Waals surface area contributed by atoms with Crippen LogP contribution in [0.1, 0.15) is 0 Å². The van der Waals surface area contributed by atoms with E-state index in [4.69, 9.17) is 29.9 Å². The van der Waals surface area contributed by atoms with Crippen molar-refractivity contribution >= 4 is 175 Å². The summed E-state index contributed by atoms with van der Waals surface area (Å²) in [7, 11) is 0. The molecule has 0 spiro atoms. The molecule has 25 aromatic rings. The Bertz CT molecular complexity index is 8150. The maximum absolute atomic E-state index is 5.95. The van der Waals surface area contributed by atoms with Gasteiger partial charge in [0.05, 0.1) is 66.6 Å². The molecule has 15 aromatic carbocycles. The van der Waals surface area contributed by atoms with Gasteiger partial charge in [0.15, 0.2) is 11.3 Å². The Morgan fingerprint density at radius 3 is 0.991 bits per heavy atom. The zero-order valence-corrected chi connectivity index (χ0v) is 58.7. The lowest BCUT2D eigenvalue weighted by Crippen LogP contribution is -2.06. The van der Waals surface area contributed by atoms with Crippen molar-refractivity contribution in [2.75, 3.05) is 0 Å². The first-order valence-corrected chi connectivity index (χ1v) is 37.3. The minimum absolute atomic E-state index is 0.531. The van der Waals surface area contributed by atoms with Gasteiger partial charge in [-0.2, -0.15) is 0 Å². The lowest BCUT2D eigenvalue weighted by atomic mass is 9.97. The van der Waals surface area contributed by atoms with E-state index in [2.05, 4.69) is 367 Å². The van der Waals surface area contributed by atoms with Crippen LogP contribution in [-0.4, -0.2) is 57.0 Å². The average Bonchev–Trinajstić information content (AvgIpc) is 1.54. The fourth-order valence-corrected chi connectivity index (χ4v) is 18.4. The molecule has 0 saturated carbocycles. The summed E-state index contributed by atoms with van der Waals surface area (Å²) in [5.41, 5.74) is 23.2. The number of aromatic nitrogens is 12. The van der Waals surface area contributed by atoms with E-state index in [1.165, 1.54) is 26.9 Å². The van der Waals surface area contributed by atoms with E-state index in [1.807, 2.05) is 0 Å². The van der Waals surface area contributed by atoms with E-state index in [0.29, 0.717) is 11.9 Å². The summed E-state index contributed by atoms with van der Waals surface area (Å²) >= 11 is 0. The summed E-state index contributed by atoms with van der Waals surface area (Å²) in [6.07, 6.45) is 0. The summed E-state index contributed by atoms with van der Waals surface area (Å²) in [5.74, 6) is 1.10. The van der Waals surface area contributed by atoms with E-state index in [9.17, 15) is 0 Å². The number of rotatable bonds is 7. The molecule has 110 heavy (non-hydrogen) atoms. The Hall–Kier alpha value is -15.1. The van der Waals surface area contributed by atoms with Crippen molar-refractivity contribution in [2.24, 2.45) is 0 Å². The molecule has 508 valence electrons. The fraction of sp³-hybridized carbons (Fsp3) is 0. The van der Waals surface area contributed by atoms with Crippen molar-refractivity contribution in [3.63, 3.8) is 0 Å². The molecular weight excluding hydrogens is 1350 g/mol. The van der Waals surface area contributed by atoms with E-state index >= 15 is 0 Å². The number of hydrogen-bond donors (Lipinski definition) is 0.